The van der Waals surface area contributed by atoms with E-state index in [4.69, 9.17) is 10.5 Å². The summed E-state index contributed by atoms with van der Waals surface area (Å²) in [5.74, 6) is -0.0606. The molecule has 0 bridgehead atoms. The monoisotopic (exact) mass is 328 g/mol. The maximum Gasteiger partial charge on any atom is 0.239 e. The molecule has 0 heterocycles. The van der Waals surface area contributed by atoms with Crippen molar-refractivity contribution in [2.24, 2.45) is 5.73 Å². The minimum absolute atomic E-state index is 0. The number of carbonyl (C=O) groups is 1. The van der Waals surface area contributed by atoms with Gasteiger partial charge in [0.25, 0.3) is 0 Å². The van der Waals surface area contributed by atoms with E-state index in [-0.39, 0.29) is 18.3 Å². The van der Waals surface area contributed by atoms with Crippen LogP contribution in [0, 0.1) is 0 Å². The van der Waals surface area contributed by atoms with E-state index in [1.54, 1.807) is 6.92 Å². The van der Waals surface area contributed by atoms with Gasteiger partial charge in [0.2, 0.25) is 5.91 Å². The van der Waals surface area contributed by atoms with E-state index in [1.165, 1.54) is 5.56 Å². The predicted molar refractivity (Wildman–Crippen MR) is 93.1 cm³/mol. The summed E-state index contributed by atoms with van der Waals surface area (Å²) >= 11 is 0. The van der Waals surface area contributed by atoms with Crippen LogP contribution in [-0.4, -0.2) is 24.6 Å². The summed E-state index contributed by atoms with van der Waals surface area (Å²) in [6, 6.07) is 10.1. The maximum absolute atomic E-state index is 11.9. The lowest BCUT2D eigenvalue weighted by Gasteiger charge is -2.22. The third kappa shape index (κ3) is 8.37. The quantitative estimate of drug-likeness (QED) is 0.649. The molecule has 4 nitrogen and oxygen atoms in total. The number of nitrogens with two attached hydrogens (primary N) is 1. The number of halogens is 1. The Kier molecular flexibility index (Phi) is 10.9. The highest BCUT2D eigenvalue weighted by atomic mass is 35.5. The van der Waals surface area contributed by atoms with Crippen molar-refractivity contribution in [3.05, 3.63) is 35.9 Å². The van der Waals surface area contributed by atoms with Crippen LogP contribution in [0.15, 0.2) is 30.3 Å². The van der Waals surface area contributed by atoms with Crippen molar-refractivity contribution < 1.29 is 9.53 Å². The van der Waals surface area contributed by atoms with Crippen molar-refractivity contribution in [1.82, 2.24) is 5.32 Å². The van der Waals surface area contributed by atoms with Gasteiger partial charge in [-0.15, -0.1) is 12.4 Å². The molecule has 1 atom stereocenters. The van der Waals surface area contributed by atoms with Crippen LogP contribution in [0.4, 0.5) is 0 Å². The average molecular weight is 329 g/mol. The molecule has 0 fully saturated rings. The second kappa shape index (κ2) is 11.5. The Bertz CT molecular complexity index is 410. The van der Waals surface area contributed by atoms with Crippen LogP contribution in [0.3, 0.4) is 0 Å². The Labute approximate surface area is 140 Å². The number of carbonyl (C=O) groups excluding carboxylic acids is 1. The molecule has 1 aromatic carbocycles. The lowest BCUT2D eigenvalue weighted by Crippen LogP contribution is -2.51. The minimum atomic E-state index is -0.751. The fourth-order valence-corrected chi connectivity index (χ4v) is 2.13. The normalized spacial score (nSPS) is 13.0. The summed E-state index contributed by atoms with van der Waals surface area (Å²) in [7, 11) is 0. The Morgan fingerprint density at radius 2 is 1.95 bits per heavy atom. The smallest absolute Gasteiger partial charge is 0.239 e. The van der Waals surface area contributed by atoms with Gasteiger partial charge in [0.05, 0.1) is 12.1 Å². The fraction of sp³-hybridized carbons (Fsp3) is 0.588. The molecule has 1 rings (SSSR count). The number of hydrogen-bond acceptors (Lipinski definition) is 3. The highest BCUT2D eigenvalue weighted by Crippen LogP contribution is 2.08. The minimum Gasteiger partial charge on any atom is -0.377 e. The summed E-state index contributed by atoms with van der Waals surface area (Å²) < 4.78 is 5.60. The van der Waals surface area contributed by atoms with Crippen LogP contribution in [0.25, 0.3) is 0 Å². The fourth-order valence-electron chi connectivity index (χ4n) is 2.13. The van der Waals surface area contributed by atoms with E-state index in [9.17, 15) is 4.79 Å². The Balaban J connectivity index is 0.00000441. The lowest BCUT2D eigenvalue weighted by atomic mass is 9.96. The van der Waals surface area contributed by atoms with Gasteiger partial charge in [-0.3, -0.25) is 4.79 Å². The van der Waals surface area contributed by atoms with Gasteiger partial charge >= 0.3 is 0 Å². The molecule has 0 spiro atoms. The van der Waals surface area contributed by atoms with Gasteiger partial charge in [0.1, 0.15) is 0 Å². The van der Waals surface area contributed by atoms with Crippen molar-refractivity contribution in [2.45, 2.75) is 51.7 Å². The molecule has 3 N–H and O–H groups in total. The molecule has 22 heavy (non-hydrogen) atoms. The number of unbranched alkanes of at least 4 members (excludes halogenated alkanes) is 1. The zero-order valence-corrected chi connectivity index (χ0v) is 14.5. The van der Waals surface area contributed by atoms with Gasteiger partial charge < -0.3 is 15.8 Å². The number of benzene rings is 1. The number of ether oxygens (including phenoxy) is 1. The molecule has 0 aromatic heterocycles. The summed E-state index contributed by atoms with van der Waals surface area (Å²) in [4.78, 5) is 11.9. The zero-order chi connectivity index (χ0) is 15.6. The van der Waals surface area contributed by atoms with E-state index in [0.717, 1.165) is 19.3 Å². The van der Waals surface area contributed by atoms with Crippen LogP contribution in [0.5, 0.6) is 0 Å². The van der Waals surface area contributed by atoms with E-state index >= 15 is 0 Å². The van der Waals surface area contributed by atoms with Crippen molar-refractivity contribution in [2.75, 3.05) is 13.2 Å². The van der Waals surface area contributed by atoms with Crippen molar-refractivity contribution in [3.8, 4) is 0 Å². The first-order chi connectivity index (χ1) is 10.1. The van der Waals surface area contributed by atoms with E-state index < -0.39 is 5.54 Å². The van der Waals surface area contributed by atoms with Gasteiger partial charge in [-0.2, -0.15) is 0 Å². The first-order valence-corrected chi connectivity index (χ1v) is 7.75. The molecule has 0 aliphatic carbocycles. The van der Waals surface area contributed by atoms with Crippen LogP contribution >= 0.6 is 12.4 Å². The highest BCUT2D eigenvalue weighted by Gasteiger charge is 2.26. The van der Waals surface area contributed by atoms with Crippen LogP contribution in [-0.2, 0) is 16.1 Å². The van der Waals surface area contributed by atoms with E-state index in [0.29, 0.717) is 26.2 Å². The van der Waals surface area contributed by atoms with Gasteiger partial charge in [0.15, 0.2) is 0 Å². The van der Waals surface area contributed by atoms with Crippen LogP contribution in [0.2, 0.25) is 0 Å². The molecule has 0 saturated carbocycles. The summed E-state index contributed by atoms with van der Waals surface area (Å²) in [5, 5.41) is 2.90. The molecule has 0 aliphatic rings. The topological polar surface area (TPSA) is 64.4 Å². The molecule has 5 heteroatoms. The molecule has 0 saturated heterocycles. The number of nitrogens with one attached hydrogen (secondary N) is 1. The van der Waals surface area contributed by atoms with E-state index in [1.807, 2.05) is 25.1 Å². The van der Waals surface area contributed by atoms with Crippen LogP contribution < -0.4 is 11.1 Å². The van der Waals surface area contributed by atoms with Crippen molar-refractivity contribution in [1.29, 1.82) is 0 Å². The largest absolute Gasteiger partial charge is 0.377 e. The van der Waals surface area contributed by atoms with E-state index in [2.05, 4.69) is 17.4 Å². The molecule has 1 aromatic rings. The first kappa shape index (κ1) is 20.9. The summed E-state index contributed by atoms with van der Waals surface area (Å²) in [5.41, 5.74) is 6.39. The molecule has 1 amide bonds. The highest BCUT2D eigenvalue weighted by molar-refractivity contribution is 5.85. The Morgan fingerprint density at radius 3 is 2.59 bits per heavy atom. The lowest BCUT2D eigenvalue weighted by molar-refractivity contribution is -0.126. The Hall–Kier alpha value is -1.10. The number of hydrogen-bond donors (Lipinski definition) is 2. The second-order valence-corrected chi connectivity index (χ2v) is 5.67. The van der Waals surface area contributed by atoms with Gasteiger partial charge in [0, 0.05) is 13.2 Å². The molecule has 0 aliphatic heterocycles. The van der Waals surface area contributed by atoms with Crippen LogP contribution in [0.1, 0.15) is 45.1 Å². The zero-order valence-electron chi connectivity index (χ0n) is 13.6. The van der Waals surface area contributed by atoms with Crippen molar-refractivity contribution in [3.63, 3.8) is 0 Å². The maximum atomic E-state index is 11.9. The third-order valence-corrected chi connectivity index (χ3v) is 3.40. The van der Waals surface area contributed by atoms with Gasteiger partial charge in [-0.1, -0.05) is 43.7 Å². The molecule has 126 valence electrons. The SMILES string of the molecule is CCCC(C)(N)C(=O)NCCCCOCc1ccccc1.Cl. The number of rotatable bonds is 10. The summed E-state index contributed by atoms with van der Waals surface area (Å²) in [6.45, 7) is 5.82. The van der Waals surface area contributed by atoms with Gasteiger partial charge in [-0.25, -0.2) is 0 Å². The first-order valence-electron chi connectivity index (χ1n) is 7.75. The molecular formula is C17H29ClN2O2. The predicted octanol–water partition coefficient (Wildman–Crippen LogP) is 3.04. The third-order valence-electron chi connectivity index (χ3n) is 3.40. The average Bonchev–Trinajstić information content (AvgIpc) is 2.47. The van der Waals surface area contributed by atoms with Crippen molar-refractivity contribution >= 4 is 18.3 Å². The molecule has 1 unspecified atom stereocenters. The standard InChI is InChI=1S/C17H28N2O2.ClH/c1-3-11-17(2,18)16(20)19-12-7-8-13-21-14-15-9-5-4-6-10-15;/h4-6,9-10H,3,7-8,11-14,18H2,1-2H3,(H,19,20);1H. The Morgan fingerprint density at radius 1 is 1.27 bits per heavy atom. The summed E-state index contributed by atoms with van der Waals surface area (Å²) in [6.07, 6.45) is 3.46. The second-order valence-electron chi connectivity index (χ2n) is 5.67. The molecule has 0 radical (unpaired) electrons. The van der Waals surface area contributed by atoms with Gasteiger partial charge in [-0.05, 0) is 31.7 Å². The number of amides is 1. The molecular weight excluding hydrogens is 300 g/mol.